The van der Waals surface area contributed by atoms with Gasteiger partial charge in [-0.25, -0.2) is 13.2 Å². The molecule has 8 heteroatoms. The largest absolute Gasteiger partial charge is 0.423 e. The van der Waals surface area contributed by atoms with Gasteiger partial charge in [0.05, 0.1) is 10.5 Å². The summed E-state index contributed by atoms with van der Waals surface area (Å²) in [7, 11) is -3.65. The monoisotopic (exact) mass is 416 g/mol. The van der Waals surface area contributed by atoms with Gasteiger partial charge >= 0.3 is 5.97 Å². The minimum atomic E-state index is -3.65. The SMILES string of the molecule is CC(=O)Nc1ccc(OC(=O)c2ccc(C)c(S(=O)(=O)N3CCCCC3)c2)cc1. The third-order valence-corrected chi connectivity index (χ3v) is 6.78. The van der Waals surface area contributed by atoms with Crippen LogP contribution < -0.4 is 10.1 Å². The summed E-state index contributed by atoms with van der Waals surface area (Å²) in [4.78, 5) is 23.7. The number of esters is 1. The van der Waals surface area contributed by atoms with Gasteiger partial charge in [-0.05, 0) is 61.7 Å². The molecule has 1 fully saturated rings. The molecule has 0 radical (unpaired) electrons. The summed E-state index contributed by atoms with van der Waals surface area (Å²) < 4.78 is 32.8. The van der Waals surface area contributed by atoms with E-state index in [1.807, 2.05) is 0 Å². The number of amides is 1. The zero-order chi connectivity index (χ0) is 21.0. The van der Waals surface area contributed by atoms with Crippen molar-refractivity contribution in [2.75, 3.05) is 18.4 Å². The maximum atomic E-state index is 13.0. The van der Waals surface area contributed by atoms with E-state index in [0.717, 1.165) is 19.3 Å². The van der Waals surface area contributed by atoms with Crippen LogP contribution in [0.3, 0.4) is 0 Å². The van der Waals surface area contributed by atoms with Crippen molar-refractivity contribution in [3.05, 3.63) is 53.6 Å². The van der Waals surface area contributed by atoms with E-state index >= 15 is 0 Å². The van der Waals surface area contributed by atoms with Gasteiger partial charge in [0.25, 0.3) is 0 Å². The lowest BCUT2D eigenvalue weighted by Gasteiger charge is -2.26. The summed E-state index contributed by atoms with van der Waals surface area (Å²) in [5.41, 5.74) is 1.34. The maximum absolute atomic E-state index is 13.0. The standard InChI is InChI=1S/C21H24N2O5S/c1-15-6-7-17(14-20(15)29(26,27)23-12-4-3-5-13-23)21(25)28-19-10-8-18(9-11-19)22-16(2)24/h6-11,14H,3-5,12-13H2,1-2H3,(H,22,24). The molecule has 2 aromatic carbocycles. The van der Waals surface area contributed by atoms with Crippen molar-refractivity contribution in [2.24, 2.45) is 0 Å². The number of nitrogens with zero attached hydrogens (tertiary/aromatic N) is 1. The van der Waals surface area contributed by atoms with Crippen LogP contribution in [0.25, 0.3) is 0 Å². The second kappa shape index (κ2) is 8.75. The summed E-state index contributed by atoms with van der Waals surface area (Å²) in [6.45, 7) is 4.11. The molecular formula is C21H24N2O5S. The van der Waals surface area contributed by atoms with Gasteiger partial charge in [-0.15, -0.1) is 0 Å². The van der Waals surface area contributed by atoms with Crippen LogP contribution in [0.15, 0.2) is 47.4 Å². The molecule has 154 valence electrons. The molecule has 1 aliphatic rings. The van der Waals surface area contributed by atoms with E-state index < -0.39 is 16.0 Å². The number of rotatable bonds is 5. The van der Waals surface area contributed by atoms with Crippen LogP contribution in [0.5, 0.6) is 5.75 Å². The lowest BCUT2D eigenvalue weighted by atomic mass is 10.1. The second-order valence-corrected chi connectivity index (χ2v) is 8.95. The van der Waals surface area contributed by atoms with Gasteiger partial charge in [0, 0.05) is 25.7 Å². The molecule has 1 N–H and O–H groups in total. The molecule has 2 aromatic rings. The van der Waals surface area contributed by atoms with Crippen molar-refractivity contribution in [2.45, 2.75) is 38.0 Å². The fraction of sp³-hybridized carbons (Fsp3) is 0.333. The van der Waals surface area contributed by atoms with Crippen molar-refractivity contribution in [1.82, 2.24) is 4.31 Å². The van der Waals surface area contributed by atoms with Crippen molar-refractivity contribution in [3.63, 3.8) is 0 Å². The highest BCUT2D eigenvalue weighted by Crippen LogP contribution is 2.25. The number of hydrogen-bond acceptors (Lipinski definition) is 5. The average Bonchev–Trinajstić information content (AvgIpc) is 2.70. The third kappa shape index (κ3) is 5.02. The van der Waals surface area contributed by atoms with E-state index in [0.29, 0.717) is 30.1 Å². The summed E-state index contributed by atoms with van der Waals surface area (Å²) in [5.74, 6) is -0.547. The zero-order valence-electron chi connectivity index (χ0n) is 16.5. The Balaban J connectivity index is 1.79. The minimum Gasteiger partial charge on any atom is -0.423 e. The first kappa shape index (κ1) is 21.0. The van der Waals surface area contributed by atoms with Gasteiger partial charge in [-0.3, -0.25) is 4.79 Å². The lowest BCUT2D eigenvalue weighted by Crippen LogP contribution is -2.36. The van der Waals surface area contributed by atoms with Crippen LogP contribution in [-0.4, -0.2) is 37.7 Å². The molecule has 1 amide bonds. The van der Waals surface area contributed by atoms with E-state index in [4.69, 9.17) is 4.74 Å². The summed E-state index contributed by atoms with van der Waals surface area (Å²) >= 11 is 0. The molecule has 0 unspecified atom stereocenters. The molecule has 0 atom stereocenters. The molecule has 3 rings (SSSR count). The molecule has 1 aliphatic heterocycles. The van der Waals surface area contributed by atoms with Crippen LogP contribution >= 0.6 is 0 Å². The Bertz CT molecular complexity index is 1010. The number of benzene rings is 2. The Morgan fingerprint density at radius 1 is 1.00 bits per heavy atom. The number of sulfonamides is 1. The molecule has 7 nitrogen and oxygen atoms in total. The molecule has 0 aliphatic carbocycles. The highest BCUT2D eigenvalue weighted by atomic mass is 32.2. The Hall–Kier alpha value is -2.71. The molecule has 29 heavy (non-hydrogen) atoms. The number of ether oxygens (including phenoxy) is 1. The predicted molar refractivity (Wildman–Crippen MR) is 109 cm³/mol. The quantitative estimate of drug-likeness (QED) is 0.596. The van der Waals surface area contributed by atoms with Gasteiger partial charge in [-0.2, -0.15) is 4.31 Å². The van der Waals surface area contributed by atoms with Crippen molar-refractivity contribution < 1.29 is 22.7 Å². The van der Waals surface area contributed by atoms with Crippen LogP contribution in [0, 0.1) is 6.92 Å². The predicted octanol–water partition coefficient (Wildman–Crippen LogP) is 3.35. The van der Waals surface area contributed by atoms with Crippen molar-refractivity contribution in [3.8, 4) is 5.75 Å². The number of carbonyl (C=O) groups is 2. The van der Waals surface area contributed by atoms with Crippen LogP contribution in [0.4, 0.5) is 5.69 Å². The van der Waals surface area contributed by atoms with E-state index in [2.05, 4.69) is 5.32 Å². The van der Waals surface area contributed by atoms with Gasteiger partial charge < -0.3 is 10.1 Å². The Morgan fingerprint density at radius 3 is 2.28 bits per heavy atom. The first-order valence-electron chi connectivity index (χ1n) is 9.48. The normalized spacial score (nSPS) is 15.0. The first-order valence-corrected chi connectivity index (χ1v) is 10.9. The molecule has 0 bridgehead atoms. The highest BCUT2D eigenvalue weighted by molar-refractivity contribution is 7.89. The van der Waals surface area contributed by atoms with Crippen molar-refractivity contribution in [1.29, 1.82) is 0 Å². The number of piperidine rings is 1. The lowest BCUT2D eigenvalue weighted by molar-refractivity contribution is -0.114. The van der Waals surface area contributed by atoms with Gasteiger partial charge in [0.2, 0.25) is 15.9 Å². The Kier molecular flexibility index (Phi) is 6.34. The summed E-state index contributed by atoms with van der Waals surface area (Å²) in [6, 6.07) is 10.9. The van der Waals surface area contributed by atoms with E-state index in [1.165, 1.54) is 17.3 Å². The summed E-state index contributed by atoms with van der Waals surface area (Å²) in [5, 5.41) is 2.63. The third-order valence-electron chi connectivity index (χ3n) is 4.74. The van der Waals surface area contributed by atoms with Gasteiger partial charge in [0.1, 0.15) is 5.75 Å². The molecule has 0 spiro atoms. The number of aryl methyl sites for hydroxylation is 1. The smallest absolute Gasteiger partial charge is 0.343 e. The minimum absolute atomic E-state index is 0.134. The van der Waals surface area contributed by atoms with Gasteiger partial charge in [0.15, 0.2) is 0 Å². The number of nitrogens with one attached hydrogen (secondary N) is 1. The molecule has 0 saturated carbocycles. The fourth-order valence-electron chi connectivity index (χ4n) is 3.22. The molecular weight excluding hydrogens is 392 g/mol. The number of hydrogen-bond donors (Lipinski definition) is 1. The number of carbonyl (C=O) groups excluding carboxylic acids is 2. The van der Waals surface area contributed by atoms with E-state index in [1.54, 1.807) is 43.3 Å². The van der Waals surface area contributed by atoms with Crippen LogP contribution in [-0.2, 0) is 14.8 Å². The fourth-order valence-corrected chi connectivity index (χ4v) is 4.99. The van der Waals surface area contributed by atoms with Gasteiger partial charge in [-0.1, -0.05) is 12.5 Å². The van der Waals surface area contributed by atoms with E-state index in [-0.39, 0.29) is 16.4 Å². The molecule has 1 heterocycles. The molecule has 1 saturated heterocycles. The van der Waals surface area contributed by atoms with Crippen LogP contribution in [0.1, 0.15) is 42.1 Å². The second-order valence-electron chi connectivity index (χ2n) is 7.04. The molecule has 0 aromatic heterocycles. The Morgan fingerprint density at radius 2 is 1.66 bits per heavy atom. The maximum Gasteiger partial charge on any atom is 0.343 e. The van der Waals surface area contributed by atoms with Crippen molar-refractivity contribution >= 4 is 27.6 Å². The summed E-state index contributed by atoms with van der Waals surface area (Å²) in [6.07, 6.45) is 2.71. The zero-order valence-corrected chi connectivity index (χ0v) is 17.3. The average molecular weight is 416 g/mol. The Labute approximate surface area is 170 Å². The van der Waals surface area contributed by atoms with Crippen LogP contribution in [0.2, 0.25) is 0 Å². The van der Waals surface area contributed by atoms with E-state index in [9.17, 15) is 18.0 Å². The number of anilines is 1. The first-order chi connectivity index (χ1) is 13.8. The highest BCUT2D eigenvalue weighted by Gasteiger charge is 2.28. The topological polar surface area (TPSA) is 92.8 Å².